The monoisotopic (exact) mass is 523 g/mol. The van der Waals surface area contributed by atoms with Crippen LogP contribution in [0.1, 0.15) is 35.2 Å². The number of fused-ring (bicyclic) bond motifs is 1. The summed E-state index contributed by atoms with van der Waals surface area (Å²) in [4.78, 5) is 27.0. The second kappa shape index (κ2) is 10.3. The molecule has 0 aliphatic carbocycles. The SMILES string of the molecule is O=C(Nc1ccc2c(c1)OCC(=O)N2Cc1ccc(F)cc1)c1ccc(S(=O)(=O)N2CCCCC2)cc1. The van der Waals surface area contributed by atoms with Crippen molar-refractivity contribution in [1.82, 2.24) is 4.31 Å². The molecule has 0 saturated carbocycles. The fraction of sp³-hybridized carbons (Fsp3) is 0.259. The summed E-state index contributed by atoms with van der Waals surface area (Å²) in [5.74, 6) is -0.552. The summed E-state index contributed by atoms with van der Waals surface area (Å²) < 4.78 is 46.0. The van der Waals surface area contributed by atoms with Crippen molar-refractivity contribution in [3.05, 3.63) is 83.7 Å². The Hall–Kier alpha value is -3.76. The maximum Gasteiger partial charge on any atom is 0.265 e. The van der Waals surface area contributed by atoms with Gasteiger partial charge in [0, 0.05) is 30.4 Å². The Morgan fingerprint density at radius 2 is 1.65 bits per heavy atom. The summed E-state index contributed by atoms with van der Waals surface area (Å²) >= 11 is 0. The second-order valence-corrected chi connectivity index (χ2v) is 11.0. The molecule has 37 heavy (non-hydrogen) atoms. The Balaban J connectivity index is 1.29. The zero-order valence-corrected chi connectivity index (χ0v) is 20.8. The minimum Gasteiger partial charge on any atom is -0.481 e. The fourth-order valence-electron chi connectivity index (χ4n) is 4.46. The van der Waals surface area contributed by atoms with E-state index in [2.05, 4.69) is 5.32 Å². The second-order valence-electron chi connectivity index (χ2n) is 9.02. The number of nitrogens with one attached hydrogen (secondary N) is 1. The Kier molecular flexibility index (Phi) is 6.94. The van der Waals surface area contributed by atoms with Crippen molar-refractivity contribution in [3.63, 3.8) is 0 Å². The highest BCUT2D eigenvalue weighted by Gasteiger charge is 2.27. The molecule has 0 bridgehead atoms. The number of carbonyl (C=O) groups excluding carboxylic acids is 2. The van der Waals surface area contributed by atoms with Crippen molar-refractivity contribution in [3.8, 4) is 5.75 Å². The molecule has 0 unspecified atom stereocenters. The number of hydrogen-bond acceptors (Lipinski definition) is 5. The number of nitrogens with zero attached hydrogens (tertiary/aromatic N) is 2. The van der Waals surface area contributed by atoms with Gasteiger partial charge in [0.2, 0.25) is 10.0 Å². The number of hydrogen-bond donors (Lipinski definition) is 1. The molecule has 2 heterocycles. The smallest absolute Gasteiger partial charge is 0.265 e. The predicted octanol–water partition coefficient (Wildman–Crippen LogP) is 4.18. The van der Waals surface area contributed by atoms with Crippen molar-refractivity contribution in [2.75, 3.05) is 29.9 Å². The van der Waals surface area contributed by atoms with Gasteiger partial charge in [-0.15, -0.1) is 0 Å². The molecule has 2 aliphatic rings. The minimum atomic E-state index is -3.57. The maximum absolute atomic E-state index is 13.2. The highest BCUT2D eigenvalue weighted by molar-refractivity contribution is 7.89. The van der Waals surface area contributed by atoms with E-state index < -0.39 is 15.9 Å². The van der Waals surface area contributed by atoms with Gasteiger partial charge in [-0.2, -0.15) is 4.31 Å². The lowest BCUT2D eigenvalue weighted by atomic mass is 10.1. The first kappa shape index (κ1) is 24.9. The quantitative estimate of drug-likeness (QED) is 0.523. The van der Waals surface area contributed by atoms with Crippen LogP contribution >= 0.6 is 0 Å². The number of rotatable bonds is 6. The molecule has 3 aromatic rings. The van der Waals surface area contributed by atoms with Gasteiger partial charge < -0.3 is 15.0 Å². The van der Waals surface area contributed by atoms with Crippen LogP contribution < -0.4 is 15.0 Å². The largest absolute Gasteiger partial charge is 0.481 e. The average Bonchev–Trinajstić information content (AvgIpc) is 2.92. The first-order chi connectivity index (χ1) is 17.8. The molecule has 0 radical (unpaired) electrons. The lowest BCUT2D eigenvalue weighted by molar-refractivity contribution is -0.121. The lowest BCUT2D eigenvalue weighted by Crippen LogP contribution is -2.38. The zero-order chi connectivity index (χ0) is 26.0. The highest BCUT2D eigenvalue weighted by Crippen LogP contribution is 2.35. The van der Waals surface area contributed by atoms with E-state index in [9.17, 15) is 22.4 Å². The van der Waals surface area contributed by atoms with Gasteiger partial charge in [-0.05, 0) is 66.9 Å². The standard InChI is InChI=1S/C27H26FN3O5S/c28-21-8-4-19(5-9-21)17-31-24-13-10-22(16-25(24)36-18-26(31)32)29-27(33)20-6-11-23(12-7-20)37(34,35)30-14-2-1-3-15-30/h4-13,16H,1-3,14-15,17-18H2,(H,29,33). The van der Waals surface area contributed by atoms with Crippen molar-refractivity contribution in [2.45, 2.75) is 30.7 Å². The van der Waals surface area contributed by atoms with Gasteiger partial charge in [0.1, 0.15) is 11.6 Å². The highest BCUT2D eigenvalue weighted by atomic mass is 32.2. The third-order valence-electron chi connectivity index (χ3n) is 6.48. The Bertz CT molecular complexity index is 1420. The number of piperidine rings is 1. The van der Waals surface area contributed by atoms with E-state index >= 15 is 0 Å². The van der Waals surface area contributed by atoms with Gasteiger partial charge in [-0.1, -0.05) is 18.6 Å². The Labute approximate surface area is 214 Å². The van der Waals surface area contributed by atoms with Crippen LogP contribution in [0.5, 0.6) is 5.75 Å². The van der Waals surface area contributed by atoms with Crippen LogP contribution in [0.4, 0.5) is 15.8 Å². The van der Waals surface area contributed by atoms with Gasteiger partial charge >= 0.3 is 0 Å². The average molecular weight is 524 g/mol. The molecule has 2 aliphatic heterocycles. The van der Waals surface area contributed by atoms with E-state index in [0.29, 0.717) is 35.8 Å². The number of anilines is 2. The van der Waals surface area contributed by atoms with E-state index in [1.807, 2.05) is 0 Å². The van der Waals surface area contributed by atoms with Crippen molar-refractivity contribution in [1.29, 1.82) is 0 Å². The van der Waals surface area contributed by atoms with Crippen LogP contribution in [0.2, 0.25) is 0 Å². The minimum absolute atomic E-state index is 0.154. The van der Waals surface area contributed by atoms with E-state index in [-0.39, 0.29) is 29.8 Å². The topological polar surface area (TPSA) is 96.0 Å². The van der Waals surface area contributed by atoms with E-state index in [0.717, 1.165) is 24.8 Å². The molecule has 0 aromatic heterocycles. The third kappa shape index (κ3) is 5.35. The molecule has 1 fully saturated rings. The Morgan fingerprint density at radius 1 is 0.946 bits per heavy atom. The van der Waals surface area contributed by atoms with Gasteiger partial charge in [-0.25, -0.2) is 12.8 Å². The molecule has 8 nitrogen and oxygen atoms in total. The Morgan fingerprint density at radius 3 is 2.35 bits per heavy atom. The molecule has 1 N–H and O–H groups in total. The molecule has 1 saturated heterocycles. The van der Waals surface area contributed by atoms with Gasteiger partial charge in [-0.3, -0.25) is 9.59 Å². The number of ether oxygens (including phenoxy) is 1. The predicted molar refractivity (Wildman–Crippen MR) is 137 cm³/mol. The van der Waals surface area contributed by atoms with Crippen LogP contribution in [0, 0.1) is 5.82 Å². The molecule has 192 valence electrons. The van der Waals surface area contributed by atoms with Gasteiger partial charge in [0.05, 0.1) is 17.1 Å². The van der Waals surface area contributed by atoms with Crippen LogP contribution in [-0.2, 0) is 21.4 Å². The van der Waals surface area contributed by atoms with Crippen LogP contribution in [-0.4, -0.2) is 44.2 Å². The molecule has 10 heteroatoms. The van der Waals surface area contributed by atoms with Gasteiger partial charge in [0.15, 0.2) is 6.61 Å². The van der Waals surface area contributed by atoms with E-state index in [1.165, 1.54) is 40.7 Å². The molecule has 2 amide bonds. The first-order valence-electron chi connectivity index (χ1n) is 12.0. The number of benzene rings is 3. The number of carbonyl (C=O) groups is 2. The van der Waals surface area contributed by atoms with Crippen LogP contribution in [0.3, 0.4) is 0 Å². The van der Waals surface area contributed by atoms with Crippen molar-refractivity contribution < 1.29 is 27.1 Å². The molecule has 0 spiro atoms. The summed E-state index contributed by atoms with van der Waals surface area (Å²) in [6.45, 7) is 1.13. The molecular weight excluding hydrogens is 497 g/mol. The lowest BCUT2D eigenvalue weighted by Gasteiger charge is -2.29. The van der Waals surface area contributed by atoms with Gasteiger partial charge in [0.25, 0.3) is 11.8 Å². The third-order valence-corrected chi connectivity index (χ3v) is 8.40. The number of sulfonamides is 1. The van der Waals surface area contributed by atoms with E-state index in [1.54, 1.807) is 35.2 Å². The number of amides is 2. The van der Waals surface area contributed by atoms with Crippen LogP contribution in [0.25, 0.3) is 0 Å². The summed E-state index contributed by atoms with van der Waals surface area (Å²) in [6.07, 6.45) is 2.73. The van der Waals surface area contributed by atoms with Crippen molar-refractivity contribution in [2.24, 2.45) is 0 Å². The molecule has 5 rings (SSSR count). The normalized spacial score (nSPS) is 16.1. The van der Waals surface area contributed by atoms with E-state index in [4.69, 9.17) is 4.74 Å². The zero-order valence-electron chi connectivity index (χ0n) is 20.0. The summed E-state index contributed by atoms with van der Waals surface area (Å²) in [5.41, 5.74) is 2.09. The van der Waals surface area contributed by atoms with Crippen LogP contribution in [0.15, 0.2) is 71.6 Å². The number of halogens is 1. The molecular formula is C27H26FN3O5S. The molecule has 3 aromatic carbocycles. The summed E-state index contributed by atoms with van der Waals surface area (Å²) in [6, 6.07) is 16.8. The molecule has 0 atom stereocenters. The maximum atomic E-state index is 13.2. The fourth-order valence-corrected chi connectivity index (χ4v) is 5.98. The van der Waals surface area contributed by atoms with Crippen molar-refractivity contribution >= 4 is 33.2 Å². The first-order valence-corrected chi connectivity index (χ1v) is 13.5. The summed E-state index contributed by atoms with van der Waals surface area (Å²) in [7, 11) is -3.57. The summed E-state index contributed by atoms with van der Waals surface area (Å²) in [5, 5.41) is 2.79.